The van der Waals surface area contributed by atoms with Crippen LogP contribution < -0.4 is 4.74 Å². The summed E-state index contributed by atoms with van der Waals surface area (Å²) in [7, 11) is 1.59. The van der Waals surface area contributed by atoms with Gasteiger partial charge in [-0.2, -0.15) is 10.1 Å². The lowest BCUT2D eigenvalue weighted by Crippen LogP contribution is -2.23. The lowest BCUT2D eigenvalue weighted by Gasteiger charge is -2.05. The number of fused-ring (bicyclic) bond motifs is 1. The summed E-state index contributed by atoms with van der Waals surface area (Å²) >= 11 is 0. The van der Waals surface area contributed by atoms with E-state index in [2.05, 4.69) is 5.10 Å². The number of methoxy groups -OCH3 is 1. The minimum absolute atomic E-state index is 0.384. The van der Waals surface area contributed by atoms with Crippen molar-refractivity contribution in [3.8, 4) is 5.75 Å². The van der Waals surface area contributed by atoms with Crippen molar-refractivity contribution in [1.82, 2.24) is 5.01 Å². The summed E-state index contributed by atoms with van der Waals surface area (Å²) in [6, 6.07) is 13.8. The molecule has 0 radical (unpaired) electrons. The number of imide groups is 1. The summed E-state index contributed by atoms with van der Waals surface area (Å²) in [6.45, 7) is 0. The first-order valence-corrected chi connectivity index (χ1v) is 6.36. The first kappa shape index (κ1) is 13.1. The van der Waals surface area contributed by atoms with E-state index in [1.54, 1.807) is 55.6 Å². The first-order chi connectivity index (χ1) is 10.2. The Morgan fingerprint density at radius 2 is 1.52 bits per heavy atom. The number of hydrogen-bond donors (Lipinski definition) is 0. The van der Waals surface area contributed by atoms with Gasteiger partial charge in [-0.3, -0.25) is 9.59 Å². The second kappa shape index (κ2) is 5.20. The molecular formula is C16H12N2O3. The summed E-state index contributed by atoms with van der Waals surface area (Å²) in [5.74, 6) is -0.0754. The Balaban J connectivity index is 1.84. The number of hydrogen-bond acceptors (Lipinski definition) is 4. The number of rotatable bonds is 3. The van der Waals surface area contributed by atoms with E-state index in [9.17, 15) is 9.59 Å². The number of amides is 2. The number of carbonyl (C=O) groups excluding carboxylic acids is 2. The van der Waals surface area contributed by atoms with E-state index in [1.807, 2.05) is 0 Å². The second-order valence-electron chi connectivity index (χ2n) is 4.49. The summed E-state index contributed by atoms with van der Waals surface area (Å²) < 4.78 is 5.06. The van der Waals surface area contributed by atoms with Crippen LogP contribution in [-0.4, -0.2) is 30.1 Å². The molecule has 1 heterocycles. The minimum atomic E-state index is -0.402. The van der Waals surface area contributed by atoms with Crippen LogP contribution in [0.5, 0.6) is 5.75 Å². The lowest BCUT2D eigenvalue weighted by molar-refractivity contribution is 0.0660. The molecule has 104 valence electrons. The highest BCUT2D eigenvalue weighted by molar-refractivity contribution is 6.21. The van der Waals surface area contributed by atoms with Crippen LogP contribution in [0.2, 0.25) is 0 Å². The van der Waals surface area contributed by atoms with Crippen LogP contribution in [-0.2, 0) is 0 Å². The SMILES string of the molecule is COc1ccc(/C=N\N2C(=O)c3ccccc3C2=O)cc1. The van der Waals surface area contributed by atoms with Gasteiger partial charge >= 0.3 is 0 Å². The molecular weight excluding hydrogens is 268 g/mol. The molecule has 0 bridgehead atoms. The van der Waals surface area contributed by atoms with E-state index in [0.29, 0.717) is 11.1 Å². The van der Waals surface area contributed by atoms with Gasteiger partial charge in [-0.05, 0) is 42.0 Å². The Morgan fingerprint density at radius 1 is 0.952 bits per heavy atom. The van der Waals surface area contributed by atoms with Gasteiger partial charge in [0.05, 0.1) is 24.5 Å². The maximum atomic E-state index is 12.1. The quantitative estimate of drug-likeness (QED) is 0.640. The molecule has 0 saturated heterocycles. The summed E-state index contributed by atoms with van der Waals surface area (Å²) in [4.78, 5) is 24.2. The van der Waals surface area contributed by atoms with Gasteiger partial charge in [-0.15, -0.1) is 0 Å². The van der Waals surface area contributed by atoms with Crippen LogP contribution in [0.3, 0.4) is 0 Å². The van der Waals surface area contributed by atoms with Crippen molar-refractivity contribution in [2.24, 2.45) is 5.10 Å². The van der Waals surface area contributed by atoms with Crippen molar-refractivity contribution in [2.45, 2.75) is 0 Å². The molecule has 0 atom stereocenters. The van der Waals surface area contributed by atoms with Crippen molar-refractivity contribution >= 4 is 18.0 Å². The van der Waals surface area contributed by atoms with Gasteiger partial charge in [-0.25, -0.2) is 0 Å². The third-order valence-corrected chi connectivity index (χ3v) is 3.21. The van der Waals surface area contributed by atoms with Crippen molar-refractivity contribution in [2.75, 3.05) is 7.11 Å². The number of hydrazone groups is 1. The number of carbonyl (C=O) groups is 2. The predicted molar refractivity (Wildman–Crippen MR) is 77.5 cm³/mol. The Kier molecular flexibility index (Phi) is 3.23. The van der Waals surface area contributed by atoms with Gasteiger partial charge in [0.1, 0.15) is 5.75 Å². The molecule has 2 aromatic rings. The molecule has 3 rings (SSSR count). The number of nitrogens with zero attached hydrogens (tertiary/aromatic N) is 2. The van der Waals surface area contributed by atoms with Gasteiger partial charge in [-0.1, -0.05) is 12.1 Å². The van der Waals surface area contributed by atoms with Crippen molar-refractivity contribution < 1.29 is 14.3 Å². The average molecular weight is 280 g/mol. The van der Waals surface area contributed by atoms with Crippen molar-refractivity contribution in [3.05, 3.63) is 65.2 Å². The second-order valence-corrected chi connectivity index (χ2v) is 4.49. The molecule has 0 aliphatic carbocycles. The van der Waals surface area contributed by atoms with Gasteiger partial charge in [0.15, 0.2) is 0 Å². The molecule has 2 aromatic carbocycles. The molecule has 0 saturated carbocycles. The highest BCUT2D eigenvalue weighted by atomic mass is 16.5. The Morgan fingerprint density at radius 3 is 2.05 bits per heavy atom. The lowest BCUT2D eigenvalue weighted by atomic mass is 10.1. The van der Waals surface area contributed by atoms with Crippen molar-refractivity contribution in [3.63, 3.8) is 0 Å². The fourth-order valence-electron chi connectivity index (χ4n) is 2.10. The van der Waals surface area contributed by atoms with E-state index >= 15 is 0 Å². The first-order valence-electron chi connectivity index (χ1n) is 6.36. The molecule has 21 heavy (non-hydrogen) atoms. The van der Waals surface area contributed by atoms with E-state index in [-0.39, 0.29) is 0 Å². The zero-order valence-corrected chi connectivity index (χ0v) is 11.3. The molecule has 5 nitrogen and oxygen atoms in total. The smallest absolute Gasteiger partial charge is 0.282 e. The standard InChI is InChI=1S/C16H12N2O3/c1-21-12-8-6-11(7-9-12)10-17-18-15(19)13-4-2-3-5-14(13)16(18)20/h2-10H,1H3/b17-10-. The van der Waals surface area contributed by atoms with Gasteiger partial charge in [0.25, 0.3) is 11.8 Å². The van der Waals surface area contributed by atoms with Crippen molar-refractivity contribution in [1.29, 1.82) is 0 Å². The molecule has 5 heteroatoms. The molecule has 0 fully saturated rings. The fourth-order valence-corrected chi connectivity index (χ4v) is 2.10. The fraction of sp³-hybridized carbons (Fsp3) is 0.0625. The molecule has 1 aliphatic rings. The monoisotopic (exact) mass is 280 g/mol. The Labute approximate surface area is 121 Å². The highest BCUT2D eigenvalue weighted by Gasteiger charge is 2.35. The maximum absolute atomic E-state index is 12.1. The van der Waals surface area contributed by atoms with Crippen LogP contribution in [0.1, 0.15) is 26.3 Å². The molecule has 0 unspecified atom stereocenters. The number of ether oxygens (including phenoxy) is 1. The largest absolute Gasteiger partial charge is 0.497 e. The summed E-state index contributed by atoms with van der Waals surface area (Å²) in [5, 5.41) is 4.88. The van der Waals surface area contributed by atoms with E-state index in [1.165, 1.54) is 6.21 Å². The van der Waals surface area contributed by atoms with E-state index < -0.39 is 11.8 Å². The Bertz CT molecular complexity index is 700. The third-order valence-electron chi connectivity index (χ3n) is 3.21. The zero-order chi connectivity index (χ0) is 14.8. The molecule has 0 N–H and O–H groups in total. The van der Waals surface area contributed by atoms with Crippen LogP contribution in [0, 0.1) is 0 Å². The van der Waals surface area contributed by atoms with Crippen LogP contribution in [0.4, 0.5) is 0 Å². The molecule has 0 aromatic heterocycles. The predicted octanol–water partition coefficient (Wildman–Crippen LogP) is 2.33. The summed E-state index contributed by atoms with van der Waals surface area (Å²) in [6.07, 6.45) is 1.47. The van der Waals surface area contributed by atoms with Gasteiger partial charge < -0.3 is 4.74 Å². The summed E-state index contributed by atoms with van der Waals surface area (Å²) in [5.41, 5.74) is 1.54. The molecule has 2 amide bonds. The zero-order valence-electron chi connectivity index (χ0n) is 11.3. The minimum Gasteiger partial charge on any atom is -0.497 e. The maximum Gasteiger partial charge on any atom is 0.282 e. The van der Waals surface area contributed by atoms with Crippen LogP contribution in [0.15, 0.2) is 53.6 Å². The Hall–Kier alpha value is -2.95. The van der Waals surface area contributed by atoms with E-state index in [0.717, 1.165) is 16.3 Å². The van der Waals surface area contributed by atoms with Crippen LogP contribution in [0.25, 0.3) is 0 Å². The van der Waals surface area contributed by atoms with Gasteiger partial charge in [0, 0.05) is 0 Å². The van der Waals surface area contributed by atoms with E-state index in [4.69, 9.17) is 4.74 Å². The molecule has 0 spiro atoms. The van der Waals surface area contributed by atoms with Gasteiger partial charge in [0.2, 0.25) is 0 Å². The topological polar surface area (TPSA) is 59.0 Å². The highest BCUT2D eigenvalue weighted by Crippen LogP contribution is 2.22. The van der Waals surface area contributed by atoms with Crippen LogP contribution >= 0.6 is 0 Å². The average Bonchev–Trinajstić information content (AvgIpc) is 2.78. The third kappa shape index (κ3) is 2.29. The number of benzene rings is 2. The molecule has 1 aliphatic heterocycles. The normalized spacial score (nSPS) is 13.9.